The van der Waals surface area contributed by atoms with Gasteiger partial charge >= 0.3 is 0 Å². The Kier molecular flexibility index (Phi) is 2.86. The molecule has 7 nitrogen and oxygen atoms in total. The van der Waals surface area contributed by atoms with Crippen molar-refractivity contribution in [2.45, 2.75) is 0 Å². The first-order chi connectivity index (χ1) is 9.70. The van der Waals surface area contributed by atoms with Gasteiger partial charge in [0.2, 0.25) is 11.6 Å². The van der Waals surface area contributed by atoms with Crippen LogP contribution >= 0.6 is 0 Å². The quantitative estimate of drug-likeness (QED) is 0.776. The van der Waals surface area contributed by atoms with Gasteiger partial charge in [0.05, 0.1) is 7.11 Å². The summed E-state index contributed by atoms with van der Waals surface area (Å²) in [6.07, 6.45) is 3.40. The van der Waals surface area contributed by atoms with Crippen LogP contribution in [0.2, 0.25) is 0 Å². The predicted octanol–water partition coefficient (Wildman–Crippen LogP) is 1.48. The van der Waals surface area contributed by atoms with E-state index in [2.05, 4.69) is 15.2 Å². The highest BCUT2D eigenvalue weighted by atomic mass is 16.5. The van der Waals surface area contributed by atoms with Gasteiger partial charge in [-0.3, -0.25) is 4.40 Å². The maximum absolute atomic E-state index is 5.75. The summed E-state index contributed by atoms with van der Waals surface area (Å²) in [5, 5.41) is 7.92. The lowest BCUT2D eigenvalue weighted by molar-refractivity contribution is 0.415. The van der Waals surface area contributed by atoms with Gasteiger partial charge in [-0.05, 0) is 24.3 Å². The Morgan fingerprint density at radius 1 is 1.20 bits per heavy atom. The zero-order valence-corrected chi connectivity index (χ0v) is 11.2. The Hall–Kier alpha value is -2.83. The number of hydrogen-bond donors (Lipinski definition) is 1. The molecule has 2 N–H and O–H groups in total. The van der Waals surface area contributed by atoms with Gasteiger partial charge in [0.1, 0.15) is 5.75 Å². The molecule has 0 unspecified atom stereocenters. The number of ether oxygens (including phenoxy) is 1. The summed E-state index contributed by atoms with van der Waals surface area (Å²) in [6.45, 7) is 0. The van der Waals surface area contributed by atoms with Gasteiger partial charge in [0, 0.05) is 25.1 Å². The van der Waals surface area contributed by atoms with E-state index in [-0.39, 0.29) is 0 Å². The van der Waals surface area contributed by atoms with E-state index in [0.717, 1.165) is 11.4 Å². The molecule has 2 aromatic heterocycles. The zero-order valence-electron chi connectivity index (χ0n) is 11.2. The minimum absolute atomic E-state index is 0.340. The summed E-state index contributed by atoms with van der Waals surface area (Å²) in [5.74, 6) is 1.83. The minimum Gasteiger partial charge on any atom is -0.497 e. The molecule has 3 rings (SSSR count). The van der Waals surface area contributed by atoms with Crippen molar-refractivity contribution in [2.75, 3.05) is 24.8 Å². The first-order valence-electron chi connectivity index (χ1n) is 6.03. The lowest BCUT2D eigenvalue weighted by Gasteiger charge is -2.18. The second kappa shape index (κ2) is 4.69. The third-order valence-electron chi connectivity index (χ3n) is 3.11. The second-order valence-electron chi connectivity index (χ2n) is 4.26. The zero-order chi connectivity index (χ0) is 14.1. The number of rotatable bonds is 3. The van der Waals surface area contributed by atoms with Crippen molar-refractivity contribution in [2.24, 2.45) is 0 Å². The van der Waals surface area contributed by atoms with E-state index in [1.807, 2.05) is 36.2 Å². The summed E-state index contributed by atoms with van der Waals surface area (Å²) in [6, 6.07) is 7.68. The molecular weight excluding hydrogens is 256 g/mol. The van der Waals surface area contributed by atoms with E-state index in [4.69, 9.17) is 10.5 Å². The Labute approximate surface area is 115 Å². The second-order valence-corrected chi connectivity index (χ2v) is 4.26. The van der Waals surface area contributed by atoms with Crippen molar-refractivity contribution in [3.05, 3.63) is 36.7 Å². The van der Waals surface area contributed by atoms with Gasteiger partial charge in [0.25, 0.3) is 0 Å². The summed E-state index contributed by atoms with van der Waals surface area (Å²) in [7, 11) is 3.55. The van der Waals surface area contributed by atoms with Crippen LogP contribution in [0.25, 0.3) is 5.65 Å². The van der Waals surface area contributed by atoms with Crippen LogP contribution in [0.15, 0.2) is 36.7 Å². The van der Waals surface area contributed by atoms with Crippen molar-refractivity contribution < 1.29 is 4.74 Å². The van der Waals surface area contributed by atoms with Gasteiger partial charge in [-0.2, -0.15) is 0 Å². The lowest BCUT2D eigenvalue weighted by Crippen LogP contribution is -2.12. The third-order valence-corrected chi connectivity index (χ3v) is 3.11. The molecule has 102 valence electrons. The van der Waals surface area contributed by atoms with Crippen LogP contribution in [-0.4, -0.2) is 33.7 Å². The highest BCUT2D eigenvalue weighted by Gasteiger charge is 2.13. The fourth-order valence-corrected chi connectivity index (χ4v) is 2.00. The SMILES string of the molecule is COc1ccc(N(C)c2nccn3c(N)nnc23)cc1. The Balaban J connectivity index is 2.05. The van der Waals surface area contributed by atoms with Crippen molar-refractivity contribution in [1.82, 2.24) is 19.6 Å². The molecule has 7 heteroatoms. The van der Waals surface area contributed by atoms with E-state index in [1.165, 1.54) is 0 Å². The number of fused-ring (bicyclic) bond motifs is 1. The molecule has 2 heterocycles. The Morgan fingerprint density at radius 3 is 2.65 bits per heavy atom. The number of nitrogens with two attached hydrogens (primary N) is 1. The number of nitrogen functional groups attached to an aromatic ring is 1. The van der Waals surface area contributed by atoms with Crippen LogP contribution < -0.4 is 15.4 Å². The van der Waals surface area contributed by atoms with E-state index < -0.39 is 0 Å². The number of anilines is 3. The summed E-state index contributed by atoms with van der Waals surface area (Å²) >= 11 is 0. The van der Waals surface area contributed by atoms with Crippen molar-refractivity contribution in [3.63, 3.8) is 0 Å². The average Bonchev–Trinajstić information content (AvgIpc) is 2.88. The largest absolute Gasteiger partial charge is 0.497 e. The molecule has 0 saturated carbocycles. The summed E-state index contributed by atoms with van der Waals surface area (Å²) in [4.78, 5) is 6.27. The van der Waals surface area contributed by atoms with Crippen LogP contribution in [0.5, 0.6) is 5.75 Å². The molecule has 0 fully saturated rings. The minimum atomic E-state index is 0.340. The van der Waals surface area contributed by atoms with Crippen LogP contribution in [-0.2, 0) is 0 Å². The standard InChI is InChI=1S/C13H14N6O/c1-18(9-3-5-10(20-2)6-4-9)11-12-16-17-13(14)19(12)8-7-15-11/h3-8H,1-2H3,(H2,14,17). The molecule has 0 aliphatic rings. The van der Waals surface area contributed by atoms with Gasteiger partial charge in [-0.1, -0.05) is 0 Å². The van der Waals surface area contributed by atoms with Gasteiger partial charge in [-0.25, -0.2) is 4.98 Å². The summed E-state index contributed by atoms with van der Waals surface area (Å²) < 4.78 is 6.85. The van der Waals surface area contributed by atoms with Gasteiger partial charge in [-0.15, -0.1) is 10.2 Å². The van der Waals surface area contributed by atoms with E-state index in [0.29, 0.717) is 17.4 Å². The van der Waals surface area contributed by atoms with Gasteiger partial charge in [0.15, 0.2) is 5.82 Å². The van der Waals surface area contributed by atoms with Crippen LogP contribution in [0.3, 0.4) is 0 Å². The van der Waals surface area contributed by atoms with E-state index >= 15 is 0 Å². The fourth-order valence-electron chi connectivity index (χ4n) is 2.00. The fraction of sp³-hybridized carbons (Fsp3) is 0.154. The molecule has 0 spiro atoms. The molecule has 0 radical (unpaired) electrons. The first-order valence-corrected chi connectivity index (χ1v) is 6.03. The monoisotopic (exact) mass is 270 g/mol. The molecule has 1 aromatic carbocycles. The molecular formula is C13H14N6O. The number of benzene rings is 1. The van der Waals surface area contributed by atoms with Crippen molar-refractivity contribution in [1.29, 1.82) is 0 Å². The molecule has 0 saturated heterocycles. The Bertz CT molecular complexity index is 736. The lowest BCUT2D eigenvalue weighted by atomic mass is 10.3. The van der Waals surface area contributed by atoms with E-state index in [9.17, 15) is 0 Å². The predicted molar refractivity (Wildman–Crippen MR) is 76.3 cm³/mol. The number of methoxy groups -OCH3 is 1. The van der Waals surface area contributed by atoms with Crippen molar-refractivity contribution in [3.8, 4) is 5.75 Å². The Morgan fingerprint density at radius 2 is 1.95 bits per heavy atom. The molecule has 0 amide bonds. The number of hydrogen-bond acceptors (Lipinski definition) is 6. The number of aromatic nitrogens is 4. The molecule has 0 bridgehead atoms. The molecule has 0 aliphatic carbocycles. The van der Waals surface area contributed by atoms with Crippen LogP contribution in [0, 0.1) is 0 Å². The molecule has 3 aromatic rings. The first kappa shape index (κ1) is 12.2. The normalized spacial score (nSPS) is 10.7. The molecule has 0 atom stereocenters. The highest BCUT2D eigenvalue weighted by Crippen LogP contribution is 2.26. The van der Waals surface area contributed by atoms with Crippen LogP contribution in [0.4, 0.5) is 17.5 Å². The summed E-state index contributed by atoms with van der Waals surface area (Å²) in [5.41, 5.74) is 7.33. The molecule has 20 heavy (non-hydrogen) atoms. The smallest absolute Gasteiger partial charge is 0.226 e. The maximum Gasteiger partial charge on any atom is 0.226 e. The third kappa shape index (κ3) is 1.89. The van der Waals surface area contributed by atoms with Crippen molar-refractivity contribution >= 4 is 23.1 Å². The van der Waals surface area contributed by atoms with E-state index in [1.54, 1.807) is 23.9 Å². The van der Waals surface area contributed by atoms with Gasteiger partial charge < -0.3 is 15.4 Å². The van der Waals surface area contributed by atoms with Crippen LogP contribution in [0.1, 0.15) is 0 Å². The topological polar surface area (TPSA) is 81.6 Å². The molecule has 0 aliphatic heterocycles. The highest BCUT2D eigenvalue weighted by molar-refractivity contribution is 5.72. The maximum atomic E-state index is 5.75. The number of nitrogens with zero attached hydrogens (tertiary/aromatic N) is 5. The average molecular weight is 270 g/mol.